The van der Waals surface area contributed by atoms with Gasteiger partial charge in [-0.15, -0.1) is 0 Å². The second-order valence-corrected chi connectivity index (χ2v) is 6.45. The quantitative estimate of drug-likeness (QED) is 0.868. The summed E-state index contributed by atoms with van der Waals surface area (Å²) in [7, 11) is 0. The lowest BCUT2D eigenvalue weighted by Crippen LogP contribution is -2.39. The number of benzene rings is 1. The molecule has 6 heteroatoms. The van der Waals surface area contributed by atoms with Crippen LogP contribution in [0, 0.1) is 5.82 Å². The largest absolute Gasteiger partial charge is 0.352 e. The Hall–Kier alpha value is -2.50. The van der Waals surface area contributed by atoms with Gasteiger partial charge < -0.3 is 5.32 Å². The van der Waals surface area contributed by atoms with Gasteiger partial charge in [-0.3, -0.25) is 9.59 Å². The highest BCUT2D eigenvalue weighted by Crippen LogP contribution is 2.19. The molecule has 2 aromatic rings. The van der Waals surface area contributed by atoms with Gasteiger partial charge in [0.15, 0.2) is 0 Å². The lowest BCUT2D eigenvalue weighted by Gasteiger charge is -2.16. The zero-order chi connectivity index (χ0) is 17.6. The molecular formula is C19H22FN3O2. The molecule has 132 valence electrons. The van der Waals surface area contributed by atoms with Gasteiger partial charge in [0.05, 0.1) is 5.69 Å². The Morgan fingerprint density at radius 2 is 1.84 bits per heavy atom. The molecule has 1 N–H and O–H groups in total. The molecule has 1 amide bonds. The molecule has 1 aromatic carbocycles. The molecule has 1 aromatic heterocycles. The van der Waals surface area contributed by atoms with Crippen LogP contribution in [0.3, 0.4) is 0 Å². The SMILES string of the molecule is O=C(Cn1nc(-c2ccccc2F)ccc1=O)NC1CCCCCC1. The van der Waals surface area contributed by atoms with Crippen LogP contribution in [0.25, 0.3) is 11.3 Å². The van der Waals surface area contributed by atoms with E-state index in [1.807, 2.05) is 0 Å². The smallest absolute Gasteiger partial charge is 0.267 e. The number of rotatable bonds is 4. The van der Waals surface area contributed by atoms with Crippen LogP contribution in [0.2, 0.25) is 0 Å². The van der Waals surface area contributed by atoms with Crippen LogP contribution in [0.4, 0.5) is 4.39 Å². The van der Waals surface area contributed by atoms with Crippen molar-refractivity contribution in [2.75, 3.05) is 0 Å². The summed E-state index contributed by atoms with van der Waals surface area (Å²) in [6, 6.07) is 9.18. The summed E-state index contributed by atoms with van der Waals surface area (Å²) in [5, 5.41) is 7.15. The zero-order valence-electron chi connectivity index (χ0n) is 14.1. The van der Waals surface area contributed by atoms with E-state index in [0.717, 1.165) is 30.4 Å². The molecule has 0 unspecified atom stereocenters. The molecule has 1 heterocycles. The Morgan fingerprint density at radius 1 is 1.12 bits per heavy atom. The number of halogens is 1. The van der Waals surface area contributed by atoms with Crippen LogP contribution >= 0.6 is 0 Å². The van der Waals surface area contributed by atoms with Crippen molar-refractivity contribution in [3.63, 3.8) is 0 Å². The lowest BCUT2D eigenvalue weighted by molar-refractivity contribution is -0.122. The van der Waals surface area contributed by atoms with Crippen molar-refractivity contribution in [2.24, 2.45) is 0 Å². The summed E-state index contributed by atoms with van der Waals surface area (Å²) >= 11 is 0. The minimum Gasteiger partial charge on any atom is -0.352 e. The minimum atomic E-state index is -0.414. The molecular weight excluding hydrogens is 321 g/mol. The molecule has 1 aliphatic carbocycles. The number of carbonyl (C=O) groups is 1. The molecule has 25 heavy (non-hydrogen) atoms. The zero-order valence-corrected chi connectivity index (χ0v) is 14.1. The summed E-state index contributed by atoms with van der Waals surface area (Å²) in [6.07, 6.45) is 6.60. The fourth-order valence-electron chi connectivity index (χ4n) is 3.21. The average Bonchev–Trinajstić information content (AvgIpc) is 2.86. The van der Waals surface area contributed by atoms with E-state index in [2.05, 4.69) is 10.4 Å². The van der Waals surface area contributed by atoms with Crippen molar-refractivity contribution < 1.29 is 9.18 Å². The van der Waals surface area contributed by atoms with Gasteiger partial charge in [0.1, 0.15) is 12.4 Å². The second kappa shape index (κ2) is 8.05. The molecule has 0 atom stereocenters. The summed E-state index contributed by atoms with van der Waals surface area (Å²) in [5.41, 5.74) is 0.261. The van der Waals surface area contributed by atoms with Gasteiger partial charge in [-0.25, -0.2) is 9.07 Å². The lowest BCUT2D eigenvalue weighted by atomic mass is 10.1. The maximum Gasteiger partial charge on any atom is 0.267 e. The molecule has 0 spiro atoms. The van der Waals surface area contributed by atoms with Crippen molar-refractivity contribution in [1.29, 1.82) is 0 Å². The number of carbonyl (C=O) groups excluding carboxylic acids is 1. The van der Waals surface area contributed by atoms with E-state index in [4.69, 9.17) is 0 Å². The molecule has 0 radical (unpaired) electrons. The number of hydrogen-bond donors (Lipinski definition) is 1. The Kier molecular flexibility index (Phi) is 5.58. The fraction of sp³-hybridized carbons (Fsp3) is 0.421. The van der Waals surface area contributed by atoms with E-state index < -0.39 is 5.82 Å². The van der Waals surface area contributed by atoms with Crippen molar-refractivity contribution in [3.8, 4) is 11.3 Å². The van der Waals surface area contributed by atoms with Crippen LogP contribution in [0.5, 0.6) is 0 Å². The van der Waals surface area contributed by atoms with Crippen LogP contribution < -0.4 is 10.9 Å². The van der Waals surface area contributed by atoms with Gasteiger partial charge in [-0.1, -0.05) is 37.8 Å². The topological polar surface area (TPSA) is 64.0 Å². The van der Waals surface area contributed by atoms with Crippen molar-refractivity contribution >= 4 is 5.91 Å². The minimum absolute atomic E-state index is 0.155. The summed E-state index contributed by atoms with van der Waals surface area (Å²) in [4.78, 5) is 24.3. The Labute approximate surface area is 145 Å². The first-order valence-corrected chi connectivity index (χ1v) is 8.76. The van der Waals surface area contributed by atoms with Crippen LogP contribution in [-0.4, -0.2) is 21.7 Å². The van der Waals surface area contributed by atoms with Gasteiger partial charge in [-0.05, 0) is 31.0 Å². The summed E-state index contributed by atoms with van der Waals surface area (Å²) < 4.78 is 15.0. The maximum atomic E-state index is 13.9. The van der Waals surface area contributed by atoms with E-state index in [1.165, 1.54) is 31.0 Å². The summed E-state index contributed by atoms with van der Waals surface area (Å²) in [5.74, 6) is -0.643. The van der Waals surface area contributed by atoms with Crippen LogP contribution in [0.15, 0.2) is 41.2 Å². The van der Waals surface area contributed by atoms with Crippen LogP contribution in [0.1, 0.15) is 38.5 Å². The Morgan fingerprint density at radius 3 is 2.56 bits per heavy atom. The van der Waals surface area contributed by atoms with Gasteiger partial charge in [0.2, 0.25) is 5.91 Å². The number of aromatic nitrogens is 2. The number of amides is 1. The highest BCUT2D eigenvalue weighted by molar-refractivity contribution is 5.76. The van der Waals surface area contributed by atoms with E-state index in [0.29, 0.717) is 11.3 Å². The van der Waals surface area contributed by atoms with Gasteiger partial charge in [0.25, 0.3) is 5.56 Å². The van der Waals surface area contributed by atoms with Crippen molar-refractivity contribution in [1.82, 2.24) is 15.1 Å². The highest BCUT2D eigenvalue weighted by Gasteiger charge is 2.16. The normalized spacial score (nSPS) is 15.6. The van der Waals surface area contributed by atoms with E-state index in [1.54, 1.807) is 18.2 Å². The van der Waals surface area contributed by atoms with Gasteiger partial charge in [0, 0.05) is 17.7 Å². The van der Waals surface area contributed by atoms with Gasteiger partial charge >= 0.3 is 0 Å². The Bertz CT molecular complexity index is 795. The third-order valence-corrected chi connectivity index (χ3v) is 4.53. The predicted molar refractivity (Wildman–Crippen MR) is 93.5 cm³/mol. The molecule has 0 saturated heterocycles. The maximum absolute atomic E-state index is 13.9. The predicted octanol–water partition coefficient (Wildman–Crippen LogP) is 2.89. The molecule has 5 nitrogen and oxygen atoms in total. The molecule has 1 aliphatic rings. The standard InChI is InChI=1S/C19H22FN3O2/c20-16-10-6-5-9-15(16)17-11-12-19(25)23(22-17)13-18(24)21-14-7-3-1-2-4-8-14/h5-6,9-12,14H,1-4,7-8,13H2,(H,21,24). The molecule has 1 saturated carbocycles. The first-order valence-electron chi connectivity index (χ1n) is 8.76. The fourth-order valence-corrected chi connectivity index (χ4v) is 3.21. The summed E-state index contributed by atoms with van der Waals surface area (Å²) in [6.45, 7) is -0.155. The van der Waals surface area contributed by atoms with E-state index in [9.17, 15) is 14.0 Å². The average molecular weight is 343 g/mol. The first kappa shape index (κ1) is 17.3. The number of nitrogens with one attached hydrogen (secondary N) is 1. The Balaban J connectivity index is 1.73. The van der Waals surface area contributed by atoms with Crippen molar-refractivity contribution in [3.05, 3.63) is 52.6 Å². The van der Waals surface area contributed by atoms with E-state index >= 15 is 0 Å². The van der Waals surface area contributed by atoms with Crippen molar-refractivity contribution in [2.45, 2.75) is 51.1 Å². The van der Waals surface area contributed by atoms with Crippen LogP contribution in [-0.2, 0) is 11.3 Å². The number of hydrogen-bond acceptors (Lipinski definition) is 3. The van der Waals surface area contributed by atoms with E-state index in [-0.39, 0.29) is 24.1 Å². The molecule has 0 bridgehead atoms. The molecule has 1 fully saturated rings. The first-order chi connectivity index (χ1) is 12.1. The molecule has 0 aliphatic heterocycles. The second-order valence-electron chi connectivity index (χ2n) is 6.45. The monoisotopic (exact) mass is 343 g/mol. The third-order valence-electron chi connectivity index (χ3n) is 4.53. The number of nitrogens with zero attached hydrogens (tertiary/aromatic N) is 2. The molecule has 3 rings (SSSR count). The highest BCUT2D eigenvalue weighted by atomic mass is 19.1. The third kappa shape index (κ3) is 4.53. The van der Waals surface area contributed by atoms with Gasteiger partial charge in [-0.2, -0.15) is 5.10 Å².